The predicted molar refractivity (Wildman–Crippen MR) is 102 cm³/mol. The summed E-state index contributed by atoms with van der Waals surface area (Å²) in [5.74, 6) is 0.582. The third-order valence-corrected chi connectivity index (χ3v) is 5.03. The van der Waals surface area contributed by atoms with Crippen molar-refractivity contribution in [3.8, 4) is 16.9 Å². The van der Waals surface area contributed by atoms with Crippen molar-refractivity contribution < 1.29 is 14.3 Å². The highest BCUT2D eigenvalue weighted by molar-refractivity contribution is 8.26. The van der Waals surface area contributed by atoms with Gasteiger partial charge >= 0.3 is 0 Å². The molecular formula is C18H12N2O3S2. The number of phenolic OH excluding ortho intramolecular Hbond substituents is 1. The molecule has 1 amide bonds. The fraction of sp³-hybridized carbons (Fsp3) is 0.0556. The zero-order chi connectivity index (χ0) is 17.6. The molecule has 1 aromatic carbocycles. The van der Waals surface area contributed by atoms with E-state index in [0.717, 1.165) is 22.1 Å². The van der Waals surface area contributed by atoms with Crippen molar-refractivity contribution in [2.24, 2.45) is 0 Å². The second kappa shape index (κ2) is 6.02. The Bertz CT molecular complexity index is 1070. The molecule has 0 atom stereocenters. The summed E-state index contributed by atoms with van der Waals surface area (Å²) in [5, 5.41) is 13.1. The number of hydrogen-bond acceptors (Lipinski definition) is 6. The van der Waals surface area contributed by atoms with Gasteiger partial charge in [0.05, 0.1) is 4.91 Å². The highest BCUT2D eigenvalue weighted by Crippen LogP contribution is 2.34. The number of hydrogen-bond donors (Lipinski definition) is 2. The Labute approximate surface area is 152 Å². The highest BCUT2D eigenvalue weighted by Gasteiger charge is 2.23. The van der Waals surface area contributed by atoms with Crippen molar-refractivity contribution in [1.82, 2.24) is 10.3 Å². The van der Waals surface area contributed by atoms with E-state index in [-0.39, 0.29) is 11.7 Å². The summed E-state index contributed by atoms with van der Waals surface area (Å²) in [6.07, 6.45) is 5.11. The molecule has 5 nitrogen and oxygen atoms in total. The number of amides is 1. The Morgan fingerprint density at radius 3 is 2.88 bits per heavy atom. The van der Waals surface area contributed by atoms with Crippen LogP contribution in [0.25, 0.3) is 28.2 Å². The van der Waals surface area contributed by atoms with Gasteiger partial charge in [-0.25, -0.2) is 0 Å². The lowest BCUT2D eigenvalue weighted by molar-refractivity contribution is -0.115. The fourth-order valence-electron chi connectivity index (χ4n) is 2.63. The number of carbonyl (C=O) groups excluding carboxylic acids is 1. The van der Waals surface area contributed by atoms with Crippen LogP contribution in [0.1, 0.15) is 11.3 Å². The molecule has 2 aromatic heterocycles. The number of nitrogens with zero attached hydrogens (tertiary/aromatic N) is 1. The van der Waals surface area contributed by atoms with E-state index in [9.17, 15) is 9.90 Å². The van der Waals surface area contributed by atoms with Crippen molar-refractivity contribution >= 4 is 51.3 Å². The lowest BCUT2D eigenvalue weighted by Gasteiger charge is -2.05. The average molecular weight is 368 g/mol. The van der Waals surface area contributed by atoms with Crippen LogP contribution in [-0.4, -0.2) is 20.3 Å². The lowest BCUT2D eigenvalue weighted by atomic mass is 10.0. The topological polar surface area (TPSA) is 75.4 Å². The number of carbonyl (C=O) groups is 1. The zero-order valence-corrected chi connectivity index (χ0v) is 14.7. The second-order valence-corrected chi connectivity index (χ2v) is 7.33. The van der Waals surface area contributed by atoms with Crippen LogP contribution in [0.5, 0.6) is 5.75 Å². The van der Waals surface area contributed by atoms with E-state index in [2.05, 4.69) is 10.3 Å². The summed E-state index contributed by atoms with van der Waals surface area (Å²) < 4.78 is 6.39. The van der Waals surface area contributed by atoms with Gasteiger partial charge in [0.25, 0.3) is 5.91 Å². The monoisotopic (exact) mass is 368 g/mol. The third kappa shape index (κ3) is 2.92. The minimum absolute atomic E-state index is 0.219. The normalized spacial score (nSPS) is 16.0. The Balaban J connectivity index is 1.81. The molecule has 3 aromatic rings. The van der Waals surface area contributed by atoms with Gasteiger partial charge in [-0.2, -0.15) is 0 Å². The van der Waals surface area contributed by atoms with Crippen LogP contribution in [0.3, 0.4) is 0 Å². The molecule has 1 saturated heterocycles. The number of fused-ring (bicyclic) bond motifs is 1. The molecule has 2 N–H and O–H groups in total. The molecule has 0 aliphatic carbocycles. The molecule has 0 unspecified atom stereocenters. The van der Waals surface area contributed by atoms with Gasteiger partial charge in [0.15, 0.2) is 0 Å². The Hall–Kier alpha value is -2.64. The highest BCUT2D eigenvalue weighted by atomic mass is 32.2. The summed E-state index contributed by atoms with van der Waals surface area (Å²) in [5.41, 5.74) is 3.18. The molecule has 25 heavy (non-hydrogen) atoms. The maximum absolute atomic E-state index is 11.8. The molecule has 0 bridgehead atoms. The number of nitrogens with one attached hydrogen (secondary N) is 1. The van der Waals surface area contributed by atoms with Gasteiger partial charge in [0, 0.05) is 29.4 Å². The number of aromatic nitrogens is 1. The smallest absolute Gasteiger partial charge is 0.263 e. The molecule has 7 heteroatoms. The maximum atomic E-state index is 11.8. The van der Waals surface area contributed by atoms with Crippen LogP contribution in [0.2, 0.25) is 0 Å². The van der Waals surface area contributed by atoms with Crippen LogP contribution in [0.15, 0.2) is 46.0 Å². The van der Waals surface area contributed by atoms with E-state index in [1.165, 1.54) is 11.8 Å². The summed E-state index contributed by atoms with van der Waals surface area (Å²) in [7, 11) is 0. The molecule has 3 heterocycles. The third-order valence-electron chi connectivity index (χ3n) is 3.86. The molecule has 4 rings (SSSR count). The Morgan fingerprint density at radius 2 is 2.16 bits per heavy atom. The first-order valence-electron chi connectivity index (χ1n) is 7.43. The number of phenols is 1. The SMILES string of the molecule is Cc1cc(-c2cncc3cc(/C=C4/SC(=S)NC4=O)oc23)ccc1O. The van der Waals surface area contributed by atoms with Crippen LogP contribution < -0.4 is 5.32 Å². The van der Waals surface area contributed by atoms with Crippen LogP contribution >= 0.6 is 24.0 Å². The summed E-state index contributed by atoms with van der Waals surface area (Å²) in [6, 6.07) is 7.18. The van der Waals surface area contributed by atoms with Crippen molar-refractivity contribution in [1.29, 1.82) is 0 Å². The van der Waals surface area contributed by atoms with Crippen molar-refractivity contribution in [3.63, 3.8) is 0 Å². The first-order valence-corrected chi connectivity index (χ1v) is 8.66. The molecule has 0 saturated carbocycles. The Kier molecular flexibility index (Phi) is 3.82. The van der Waals surface area contributed by atoms with E-state index in [1.807, 2.05) is 25.1 Å². The van der Waals surface area contributed by atoms with Crippen molar-refractivity contribution in [3.05, 3.63) is 52.9 Å². The van der Waals surface area contributed by atoms with E-state index >= 15 is 0 Å². The number of aromatic hydroxyl groups is 1. The second-order valence-electron chi connectivity index (χ2n) is 5.61. The first kappa shape index (κ1) is 15.9. The van der Waals surface area contributed by atoms with Crippen molar-refractivity contribution in [2.75, 3.05) is 0 Å². The van der Waals surface area contributed by atoms with E-state index < -0.39 is 0 Å². The van der Waals surface area contributed by atoms with Gasteiger partial charge in [-0.15, -0.1) is 0 Å². The summed E-state index contributed by atoms with van der Waals surface area (Å²) in [4.78, 5) is 16.6. The molecule has 0 radical (unpaired) electrons. The quantitative estimate of drug-likeness (QED) is 0.526. The van der Waals surface area contributed by atoms with Gasteiger partial charge in [-0.1, -0.05) is 30.0 Å². The molecule has 1 aliphatic heterocycles. The van der Waals surface area contributed by atoms with Gasteiger partial charge < -0.3 is 14.8 Å². The summed E-state index contributed by atoms with van der Waals surface area (Å²) >= 11 is 6.20. The van der Waals surface area contributed by atoms with Crippen molar-refractivity contribution in [2.45, 2.75) is 6.92 Å². The minimum atomic E-state index is -0.219. The number of thiocarbonyl (C=S) groups is 1. The largest absolute Gasteiger partial charge is 0.508 e. The lowest BCUT2D eigenvalue weighted by Crippen LogP contribution is -2.17. The number of thioether (sulfide) groups is 1. The van der Waals surface area contributed by atoms with Gasteiger partial charge in [0.2, 0.25) is 0 Å². The maximum Gasteiger partial charge on any atom is 0.263 e. The number of rotatable bonds is 2. The van der Waals surface area contributed by atoms with E-state index in [0.29, 0.717) is 20.6 Å². The van der Waals surface area contributed by atoms with Crippen LogP contribution in [-0.2, 0) is 4.79 Å². The average Bonchev–Trinajstić information content (AvgIpc) is 3.12. The van der Waals surface area contributed by atoms with Gasteiger partial charge in [-0.3, -0.25) is 9.78 Å². The van der Waals surface area contributed by atoms with Gasteiger partial charge in [0.1, 0.15) is 21.4 Å². The molecule has 124 valence electrons. The van der Waals surface area contributed by atoms with Gasteiger partial charge in [-0.05, 0) is 36.2 Å². The number of aryl methyl sites for hydroxylation is 1. The van der Waals surface area contributed by atoms with Crippen LogP contribution in [0.4, 0.5) is 0 Å². The van der Waals surface area contributed by atoms with E-state index in [1.54, 1.807) is 24.5 Å². The fourth-order valence-corrected chi connectivity index (χ4v) is 3.66. The number of benzene rings is 1. The standard InChI is InChI=1S/C18H12N2O3S2/c1-9-4-10(2-3-14(9)21)13-8-19-7-11-5-12(23-16(11)13)6-15-17(22)20-18(24)25-15/h2-8,21H,1H3,(H,20,22,24)/b15-6+. The molecular weight excluding hydrogens is 356 g/mol. The minimum Gasteiger partial charge on any atom is -0.508 e. The zero-order valence-electron chi connectivity index (χ0n) is 13.1. The molecule has 1 aliphatic rings. The number of furan rings is 1. The Morgan fingerprint density at radius 1 is 1.32 bits per heavy atom. The first-order chi connectivity index (χ1) is 12.0. The van der Waals surface area contributed by atoms with Crippen LogP contribution in [0, 0.1) is 6.92 Å². The van der Waals surface area contributed by atoms with E-state index in [4.69, 9.17) is 16.6 Å². The molecule has 0 spiro atoms. The molecule has 1 fully saturated rings. The number of pyridine rings is 1. The summed E-state index contributed by atoms with van der Waals surface area (Å²) in [6.45, 7) is 1.84. The predicted octanol–water partition coefficient (Wildman–Crippen LogP) is 4.00.